The van der Waals surface area contributed by atoms with E-state index < -0.39 is 10.0 Å². The van der Waals surface area contributed by atoms with Crippen LogP contribution in [-0.4, -0.2) is 8.42 Å². The smallest absolute Gasteiger partial charge is 0.241 e. The normalized spacial score (nSPS) is 13.0. The Balaban J connectivity index is 2.33. The van der Waals surface area contributed by atoms with Crippen LogP contribution in [0.4, 0.5) is 5.69 Å². The summed E-state index contributed by atoms with van der Waals surface area (Å²) in [4.78, 5) is 0.257. The van der Waals surface area contributed by atoms with E-state index in [0.717, 1.165) is 11.1 Å². The molecule has 0 spiro atoms. The first kappa shape index (κ1) is 15.5. The molecule has 2 aromatic rings. The molecule has 2 rings (SSSR count). The van der Waals surface area contributed by atoms with Gasteiger partial charge in [-0.2, -0.15) is 0 Å². The van der Waals surface area contributed by atoms with Crippen molar-refractivity contribution in [2.24, 2.45) is 0 Å². The molecule has 0 aliphatic rings. The van der Waals surface area contributed by atoms with Crippen molar-refractivity contribution in [3.63, 3.8) is 0 Å². The van der Waals surface area contributed by atoms with Gasteiger partial charge in [0.25, 0.3) is 0 Å². The van der Waals surface area contributed by atoms with Crippen molar-refractivity contribution in [3.05, 3.63) is 59.7 Å². The van der Waals surface area contributed by atoms with Gasteiger partial charge in [-0.1, -0.05) is 43.3 Å². The van der Waals surface area contributed by atoms with Gasteiger partial charge in [0.2, 0.25) is 10.0 Å². The molecule has 21 heavy (non-hydrogen) atoms. The minimum atomic E-state index is -3.60. The molecule has 2 aromatic carbocycles. The maximum atomic E-state index is 12.6. The average Bonchev–Trinajstić information content (AvgIpc) is 2.47. The van der Waals surface area contributed by atoms with Gasteiger partial charge in [-0.15, -0.1) is 0 Å². The van der Waals surface area contributed by atoms with Crippen LogP contribution in [0.15, 0.2) is 53.4 Å². The Bertz CT molecular complexity index is 712. The standard InChI is InChI=1S/C16H20N2O2S/c1-3-13-9-10-15(17)11-16(13)21(19,20)18-12(2)14-7-5-4-6-8-14/h4-12,18H,3,17H2,1-2H3. The monoisotopic (exact) mass is 304 g/mol. The van der Waals surface area contributed by atoms with Gasteiger partial charge < -0.3 is 5.73 Å². The van der Waals surface area contributed by atoms with Gasteiger partial charge in [0.15, 0.2) is 0 Å². The lowest BCUT2D eigenvalue weighted by Gasteiger charge is -2.16. The molecule has 1 atom stereocenters. The molecule has 0 radical (unpaired) electrons. The fourth-order valence-corrected chi connectivity index (χ4v) is 3.80. The zero-order valence-corrected chi connectivity index (χ0v) is 13.0. The van der Waals surface area contributed by atoms with Gasteiger partial charge in [0.1, 0.15) is 0 Å². The molecule has 0 aromatic heterocycles. The number of sulfonamides is 1. The Kier molecular flexibility index (Phi) is 4.65. The molecule has 0 saturated heterocycles. The quantitative estimate of drug-likeness (QED) is 0.834. The molecule has 0 fully saturated rings. The maximum absolute atomic E-state index is 12.6. The second-order valence-electron chi connectivity index (χ2n) is 4.97. The minimum Gasteiger partial charge on any atom is -0.399 e. The lowest BCUT2D eigenvalue weighted by molar-refractivity contribution is 0.566. The summed E-state index contributed by atoms with van der Waals surface area (Å²) in [6.45, 7) is 3.75. The van der Waals surface area contributed by atoms with Crippen LogP contribution >= 0.6 is 0 Å². The molecular weight excluding hydrogens is 284 g/mol. The number of anilines is 1. The van der Waals surface area contributed by atoms with Gasteiger partial charge in [-0.05, 0) is 36.6 Å². The zero-order chi connectivity index (χ0) is 15.5. The van der Waals surface area contributed by atoms with Crippen molar-refractivity contribution >= 4 is 15.7 Å². The first-order valence-electron chi connectivity index (χ1n) is 6.89. The average molecular weight is 304 g/mol. The highest BCUT2D eigenvalue weighted by atomic mass is 32.2. The highest BCUT2D eigenvalue weighted by Gasteiger charge is 2.21. The summed E-state index contributed by atoms with van der Waals surface area (Å²) in [5.74, 6) is 0. The number of nitrogens with one attached hydrogen (secondary N) is 1. The SMILES string of the molecule is CCc1ccc(N)cc1S(=O)(=O)NC(C)c1ccccc1. The Morgan fingerprint density at radius 1 is 1.14 bits per heavy atom. The predicted molar refractivity (Wildman–Crippen MR) is 85.4 cm³/mol. The molecule has 0 heterocycles. The molecule has 0 aliphatic carbocycles. The molecule has 5 heteroatoms. The molecule has 112 valence electrons. The van der Waals surface area contributed by atoms with Gasteiger partial charge >= 0.3 is 0 Å². The van der Waals surface area contributed by atoms with E-state index in [1.165, 1.54) is 6.07 Å². The van der Waals surface area contributed by atoms with E-state index in [1.54, 1.807) is 12.1 Å². The van der Waals surface area contributed by atoms with Crippen LogP contribution in [-0.2, 0) is 16.4 Å². The largest absolute Gasteiger partial charge is 0.399 e. The first-order valence-corrected chi connectivity index (χ1v) is 8.38. The summed E-state index contributed by atoms with van der Waals surface area (Å²) >= 11 is 0. The van der Waals surface area contributed by atoms with Crippen LogP contribution in [0.1, 0.15) is 31.0 Å². The number of benzene rings is 2. The van der Waals surface area contributed by atoms with Crippen molar-refractivity contribution in [1.82, 2.24) is 4.72 Å². The summed E-state index contributed by atoms with van der Waals surface area (Å²) in [5, 5.41) is 0. The van der Waals surface area contributed by atoms with Crippen molar-refractivity contribution in [3.8, 4) is 0 Å². The number of nitrogens with two attached hydrogens (primary N) is 1. The van der Waals surface area contributed by atoms with E-state index in [4.69, 9.17) is 5.73 Å². The van der Waals surface area contributed by atoms with E-state index >= 15 is 0 Å². The predicted octanol–water partition coefficient (Wildman–Crippen LogP) is 2.87. The summed E-state index contributed by atoms with van der Waals surface area (Å²) < 4.78 is 27.9. The second kappa shape index (κ2) is 6.28. The third kappa shape index (κ3) is 3.62. The van der Waals surface area contributed by atoms with E-state index in [-0.39, 0.29) is 10.9 Å². The number of hydrogen-bond acceptors (Lipinski definition) is 3. The highest BCUT2D eigenvalue weighted by molar-refractivity contribution is 7.89. The van der Waals surface area contributed by atoms with Crippen molar-refractivity contribution in [2.45, 2.75) is 31.2 Å². The van der Waals surface area contributed by atoms with Crippen molar-refractivity contribution in [1.29, 1.82) is 0 Å². The molecule has 1 unspecified atom stereocenters. The molecule has 3 N–H and O–H groups in total. The Morgan fingerprint density at radius 3 is 2.43 bits per heavy atom. The van der Waals surface area contributed by atoms with Crippen LogP contribution in [0.2, 0.25) is 0 Å². The van der Waals surface area contributed by atoms with E-state index in [9.17, 15) is 8.42 Å². The molecule has 0 amide bonds. The zero-order valence-electron chi connectivity index (χ0n) is 12.2. The van der Waals surface area contributed by atoms with Gasteiger partial charge in [-0.25, -0.2) is 13.1 Å². The maximum Gasteiger partial charge on any atom is 0.241 e. The van der Waals surface area contributed by atoms with Crippen molar-refractivity contribution in [2.75, 3.05) is 5.73 Å². The number of rotatable bonds is 5. The van der Waals surface area contributed by atoms with Crippen molar-refractivity contribution < 1.29 is 8.42 Å². The second-order valence-corrected chi connectivity index (χ2v) is 6.66. The third-order valence-corrected chi connectivity index (χ3v) is 5.02. The topological polar surface area (TPSA) is 72.2 Å². The van der Waals surface area contributed by atoms with E-state index in [2.05, 4.69) is 4.72 Å². The summed E-state index contributed by atoms with van der Waals surface area (Å²) in [5.41, 5.74) is 7.85. The fourth-order valence-electron chi connectivity index (χ4n) is 2.22. The molecule has 0 aliphatic heterocycles. The van der Waals surface area contributed by atoms with Crippen LogP contribution in [0.25, 0.3) is 0 Å². The Hall–Kier alpha value is -1.85. The Morgan fingerprint density at radius 2 is 1.81 bits per heavy atom. The van der Waals surface area contributed by atoms with Gasteiger partial charge in [-0.3, -0.25) is 0 Å². The lowest BCUT2D eigenvalue weighted by Crippen LogP contribution is -2.27. The lowest BCUT2D eigenvalue weighted by atomic mass is 10.1. The molecule has 0 saturated carbocycles. The van der Waals surface area contributed by atoms with E-state index in [0.29, 0.717) is 12.1 Å². The van der Waals surface area contributed by atoms with Crippen LogP contribution in [0.3, 0.4) is 0 Å². The van der Waals surface area contributed by atoms with Gasteiger partial charge in [0, 0.05) is 11.7 Å². The van der Waals surface area contributed by atoms with E-state index in [1.807, 2.05) is 44.2 Å². The third-order valence-electron chi connectivity index (χ3n) is 3.39. The molecule has 0 bridgehead atoms. The summed E-state index contributed by atoms with van der Waals surface area (Å²) in [6, 6.07) is 14.2. The minimum absolute atomic E-state index is 0.257. The van der Waals surface area contributed by atoms with Gasteiger partial charge in [0.05, 0.1) is 4.90 Å². The number of hydrogen-bond donors (Lipinski definition) is 2. The summed E-state index contributed by atoms with van der Waals surface area (Å²) in [6.07, 6.45) is 0.635. The first-order chi connectivity index (χ1) is 9.94. The number of aryl methyl sites for hydroxylation is 1. The number of nitrogen functional groups attached to an aromatic ring is 1. The highest BCUT2D eigenvalue weighted by Crippen LogP contribution is 2.22. The summed E-state index contributed by atoms with van der Waals surface area (Å²) in [7, 11) is -3.60. The molecular formula is C16H20N2O2S. The molecule has 4 nitrogen and oxygen atoms in total. The van der Waals surface area contributed by atoms with Crippen LogP contribution in [0, 0.1) is 0 Å². The fraction of sp³-hybridized carbons (Fsp3) is 0.250. The van der Waals surface area contributed by atoms with Crippen LogP contribution in [0.5, 0.6) is 0 Å². The van der Waals surface area contributed by atoms with Crippen LogP contribution < -0.4 is 10.5 Å². The Labute approximate surface area is 126 Å².